The zero-order valence-corrected chi connectivity index (χ0v) is 23.1. The Morgan fingerprint density at radius 1 is 1.18 bits per heavy atom. The second-order valence-corrected chi connectivity index (χ2v) is 9.29. The highest BCUT2D eigenvalue weighted by atomic mass is 35.5. The van der Waals surface area contributed by atoms with Crippen LogP contribution in [0.4, 0.5) is 11.8 Å². The molecule has 0 radical (unpaired) electrons. The van der Waals surface area contributed by atoms with Gasteiger partial charge in [-0.2, -0.15) is 4.98 Å². The zero-order chi connectivity index (χ0) is 29.1. The predicted molar refractivity (Wildman–Crippen MR) is 148 cm³/mol. The number of rotatable bonds is 10. The summed E-state index contributed by atoms with van der Waals surface area (Å²) in [4.78, 5) is 38.7. The summed E-state index contributed by atoms with van der Waals surface area (Å²) in [7, 11) is 4.32. The molecule has 212 valence electrons. The number of hydrogen-bond acceptors (Lipinski definition) is 10. The lowest BCUT2D eigenvalue weighted by atomic mass is 10.1. The number of fused-ring (bicyclic) bond motifs is 1. The van der Waals surface area contributed by atoms with Crippen LogP contribution < -0.4 is 30.2 Å². The summed E-state index contributed by atoms with van der Waals surface area (Å²) in [6.07, 6.45) is 1.85. The molecule has 1 aliphatic rings. The lowest BCUT2D eigenvalue weighted by Crippen LogP contribution is -2.33. The molecule has 1 aliphatic heterocycles. The number of aromatic nitrogens is 3. The van der Waals surface area contributed by atoms with Crippen molar-refractivity contribution in [3.05, 3.63) is 50.9 Å². The molecular formula is C25H26Cl2N6O7. The van der Waals surface area contributed by atoms with Crippen molar-refractivity contribution in [2.75, 3.05) is 45.1 Å². The number of aliphatic hydroxyl groups is 2. The Kier molecular flexibility index (Phi) is 8.69. The van der Waals surface area contributed by atoms with E-state index in [2.05, 4.69) is 20.3 Å². The van der Waals surface area contributed by atoms with Gasteiger partial charge in [-0.15, -0.1) is 0 Å². The highest BCUT2D eigenvalue weighted by Crippen LogP contribution is 2.47. The van der Waals surface area contributed by atoms with Crippen molar-refractivity contribution in [3.63, 3.8) is 0 Å². The van der Waals surface area contributed by atoms with Gasteiger partial charge in [0.2, 0.25) is 11.7 Å². The number of carbonyl (C=O) groups excluding carboxylic acids is 2. The Balaban J connectivity index is 1.73. The molecule has 0 aliphatic carbocycles. The van der Waals surface area contributed by atoms with Gasteiger partial charge in [-0.05, 0) is 18.2 Å². The summed E-state index contributed by atoms with van der Waals surface area (Å²) in [5, 5.41) is 21.1. The third kappa shape index (κ3) is 5.49. The maximum absolute atomic E-state index is 13.8. The van der Waals surface area contributed by atoms with Crippen molar-refractivity contribution < 1.29 is 34.0 Å². The maximum atomic E-state index is 13.8. The van der Waals surface area contributed by atoms with Crippen LogP contribution in [0.15, 0.2) is 18.3 Å². The fourth-order valence-electron chi connectivity index (χ4n) is 4.18. The fraction of sp³-hybridized carbons (Fsp3) is 0.280. The minimum absolute atomic E-state index is 0.0376. The summed E-state index contributed by atoms with van der Waals surface area (Å²) in [6.45, 7) is -0.669. The van der Waals surface area contributed by atoms with E-state index >= 15 is 0 Å². The minimum Gasteiger partial charge on any atom is -0.492 e. The van der Waals surface area contributed by atoms with Crippen LogP contribution >= 0.6 is 23.2 Å². The lowest BCUT2D eigenvalue weighted by molar-refractivity contribution is -0.113. The molecule has 1 atom stereocenters. The normalized spacial score (nSPS) is 14.3. The number of nitrogens with zero attached hydrogens (tertiary/aromatic N) is 3. The van der Waals surface area contributed by atoms with Crippen LogP contribution in [-0.2, 0) is 11.3 Å². The summed E-state index contributed by atoms with van der Waals surface area (Å²) >= 11 is 12.9. The van der Waals surface area contributed by atoms with Crippen LogP contribution in [0, 0.1) is 0 Å². The highest BCUT2D eigenvalue weighted by Gasteiger charge is 2.38. The number of hydrogen-bond donors (Lipinski definition) is 5. The van der Waals surface area contributed by atoms with E-state index in [0.717, 1.165) is 0 Å². The van der Waals surface area contributed by atoms with Gasteiger partial charge in [-0.25, -0.2) is 4.98 Å². The zero-order valence-electron chi connectivity index (χ0n) is 21.6. The second kappa shape index (κ2) is 12.0. The third-order valence-corrected chi connectivity index (χ3v) is 6.56. The predicted octanol–water partition coefficient (Wildman–Crippen LogP) is 1.89. The molecule has 0 bridgehead atoms. The van der Waals surface area contributed by atoms with Gasteiger partial charge in [0.25, 0.3) is 11.8 Å². The van der Waals surface area contributed by atoms with Gasteiger partial charge in [0.1, 0.15) is 5.15 Å². The number of nitrogens with one attached hydrogen (secondary N) is 2. The van der Waals surface area contributed by atoms with E-state index in [9.17, 15) is 14.7 Å². The Hall–Kier alpha value is -4.04. The molecule has 3 aromatic rings. The number of H-pyrrole nitrogens is 1. The van der Waals surface area contributed by atoms with E-state index in [0.29, 0.717) is 17.0 Å². The van der Waals surface area contributed by atoms with Crippen molar-refractivity contribution in [3.8, 4) is 17.2 Å². The van der Waals surface area contributed by atoms with Crippen molar-refractivity contribution in [1.82, 2.24) is 20.3 Å². The molecule has 15 heteroatoms. The molecule has 6 N–H and O–H groups in total. The topological polar surface area (TPSA) is 185 Å². The third-order valence-electron chi connectivity index (χ3n) is 6.00. The molecule has 4 rings (SSSR count). The van der Waals surface area contributed by atoms with Gasteiger partial charge in [-0.1, -0.05) is 23.2 Å². The first-order chi connectivity index (χ1) is 19.1. The molecule has 1 aromatic carbocycles. The molecule has 0 fully saturated rings. The number of nitrogens with two attached hydrogens (primary N) is 1. The molecule has 40 heavy (non-hydrogen) atoms. The molecule has 2 amide bonds. The average Bonchev–Trinajstić information content (AvgIpc) is 3.50. The lowest BCUT2D eigenvalue weighted by Gasteiger charge is -2.21. The van der Waals surface area contributed by atoms with Crippen molar-refractivity contribution in [2.45, 2.75) is 12.6 Å². The Labute approximate surface area is 238 Å². The van der Waals surface area contributed by atoms with E-state index in [1.54, 1.807) is 6.07 Å². The van der Waals surface area contributed by atoms with Gasteiger partial charge in [0.05, 0.1) is 62.3 Å². The monoisotopic (exact) mass is 592 g/mol. The second-order valence-electron chi connectivity index (χ2n) is 8.53. The fourth-order valence-corrected chi connectivity index (χ4v) is 4.75. The number of aliphatic hydroxyl groups excluding tert-OH is 2. The highest BCUT2D eigenvalue weighted by molar-refractivity contribution is 6.41. The Morgan fingerprint density at radius 3 is 2.52 bits per heavy atom. The van der Waals surface area contributed by atoms with Gasteiger partial charge < -0.3 is 40.5 Å². The summed E-state index contributed by atoms with van der Waals surface area (Å²) in [5.74, 6) is -0.107. The quantitative estimate of drug-likeness (QED) is 0.172. The van der Waals surface area contributed by atoms with Crippen LogP contribution in [0.5, 0.6) is 17.2 Å². The number of aromatic amines is 1. The van der Waals surface area contributed by atoms with Crippen molar-refractivity contribution >= 4 is 58.4 Å². The molecule has 0 saturated heterocycles. The first-order valence-corrected chi connectivity index (χ1v) is 12.5. The molecule has 0 saturated carbocycles. The number of methoxy groups -OCH3 is 3. The van der Waals surface area contributed by atoms with Gasteiger partial charge >= 0.3 is 0 Å². The Morgan fingerprint density at radius 2 is 1.88 bits per heavy atom. The van der Waals surface area contributed by atoms with Crippen LogP contribution in [0.3, 0.4) is 0 Å². The number of nitrogen functional groups attached to an aromatic ring is 1. The molecule has 1 unspecified atom stereocenters. The molecule has 2 aromatic heterocycles. The Bertz CT molecular complexity index is 1490. The minimum atomic E-state index is -1.09. The summed E-state index contributed by atoms with van der Waals surface area (Å²) in [6, 6.07) is 3.10. The van der Waals surface area contributed by atoms with Crippen LogP contribution in [0.2, 0.25) is 10.2 Å². The number of halogens is 2. The van der Waals surface area contributed by atoms with E-state index in [4.69, 9.17) is 48.3 Å². The molecule has 13 nitrogen and oxygen atoms in total. The van der Waals surface area contributed by atoms with E-state index in [-0.39, 0.29) is 63.2 Å². The van der Waals surface area contributed by atoms with Crippen molar-refractivity contribution in [2.24, 2.45) is 0 Å². The van der Waals surface area contributed by atoms with Crippen LogP contribution in [0.1, 0.15) is 27.2 Å². The van der Waals surface area contributed by atoms with E-state index in [1.165, 1.54) is 44.6 Å². The first kappa shape index (κ1) is 29.0. The number of ether oxygens (including phenoxy) is 3. The summed E-state index contributed by atoms with van der Waals surface area (Å²) < 4.78 is 16.4. The molecule has 3 heterocycles. The number of carbonyl (C=O) groups is 2. The first-order valence-electron chi connectivity index (χ1n) is 11.7. The molecular weight excluding hydrogens is 567 g/mol. The van der Waals surface area contributed by atoms with E-state index in [1.807, 2.05) is 0 Å². The summed E-state index contributed by atoms with van der Waals surface area (Å²) in [5.41, 5.74) is 7.39. The number of benzene rings is 1. The smallest absolute Gasteiger partial charge is 0.260 e. The SMILES string of the molecule is COc1c(Cl)cc(CN2C(=O)/C(=C\c3cc(C(=O)NCC(O)CO)c[nH]3)c3c(Cl)nc(N)nc32)c(OC)c1OC. The standard InChI is InChI=1S/C25H26Cl2N6O7/c1-38-18-12(5-16(26)19(39-2)20(18)40-3)9-33-22-17(21(27)31-25(28)32-22)15(24(33)37)6-13-4-11(7-29-13)23(36)30-8-14(35)10-34/h4-7,14,29,34-35H,8-10H2,1-3H3,(H,30,36)(H2,28,31,32)/b15-6-. The molecule has 0 spiro atoms. The van der Waals surface area contributed by atoms with Gasteiger partial charge in [-0.3, -0.25) is 14.5 Å². The number of anilines is 2. The average molecular weight is 593 g/mol. The van der Waals surface area contributed by atoms with Gasteiger partial charge in [0, 0.05) is 24.0 Å². The largest absolute Gasteiger partial charge is 0.492 e. The van der Waals surface area contributed by atoms with Gasteiger partial charge in [0.15, 0.2) is 17.3 Å². The maximum Gasteiger partial charge on any atom is 0.260 e. The van der Waals surface area contributed by atoms with E-state index < -0.39 is 24.5 Å². The van der Waals surface area contributed by atoms with Crippen LogP contribution in [-0.4, -0.2) is 77.6 Å². The van der Waals surface area contributed by atoms with Crippen LogP contribution in [0.25, 0.3) is 11.6 Å². The number of amides is 2. The van der Waals surface area contributed by atoms with Crippen molar-refractivity contribution in [1.29, 1.82) is 0 Å².